The van der Waals surface area contributed by atoms with E-state index in [1.54, 1.807) is 0 Å². The molecule has 3 amide bonds. The van der Waals surface area contributed by atoms with Gasteiger partial charge in [-0.2, -0.15) is 0 Å². The van der Waals surface area contributed by atoms with Gasteiger partial charge in [-0.3, -0.25) is 14.4 Å². The van der Waals surface area contributed by atoms with Crippen molar-refractivity contribution in [2.75, 3.05) is 52.9 Å². The number of aliphatic hydroxyl groups excluding tert-OH is 23. The Balaban J connectivity index is 1.03. The van der Waals surface area contributed by atoms with Crippen molar-refractivity contribution in [3.05, 3.63) is 0 Å². The van der Waals surface area contributed by atoms with Crippen molar-refractivity contribution < 1.29 is 203 Å². The van der Waals surface area contributed by atoms with Crippen molar-refractivity contribution in [3.63, 3.8) is 0 Å². The number of hydrogen-bond acceptors (Lipinski definition) is 41. The molecular formula is C54H91N3O41. The smallest absolute Gasteiger partial charge is 0.217 e. The summed E-state index contributed by atoms with van der Waals surface area (Å²) in [5.41, 5.74) is 0. The average molecular weight is 1440 g/mol. The van der Waals surface area contributed by atoms with Gasteiger partial charge in [0.1, 0.15) is 195 Å². The van der Waals surface area contributed by atoms with Crippen molar-refractivity contribution in [3.8, 4) is 0 Å². The lowest BCUT2D eigenvalue weighted by Crippen LogP contribution is -2.70. The van der Waals surface area contributed by atoms with Gasteiger partial charge in [-0.25, -0.2) is 0 Å². The second-order valence-electron chi connectivity index (χ2n) is 24.6. The van der Waals surface area contributed by atoms with Crippen LogP contribution < -0.4 is 16.0 Å². The van der Waals surface area contributed by atoms with Gasteiger partial charge in [0.15, 0.2) is 50.3 Å². The molecule has 0 bridgehead atoms. The molecule has 8 aliphatic rings. The normalized spacial score (nSPS) is 49.5. The van der Waals surface area contributed by atoms with Gasteiger partial charge in [-0.15, -0.1) is 0 Å². The van der Waals surface area contributed by atoms with Gasteiger partial charge in [0.05, 0.1) is 52.9 Å². The van der Waals surface area contributed by atoms with Crippen LogP contribution in [0.5, 0.6) is 0 Å². The predicted octanol–water partition coefficient (Wildman–Crippen LogP) is -18.0. The maximum Gasteiger partial charge on any atom is 0.217 e. The zero-order chi connectivity index (χ0) is 72.2. The van der Waals surface area contributed by atoms with Gasteiger partial charge in [0.25, 0.3) is 0 Å². The third-order valence-corrected chi connectivity index (χ3v) is 17.8. The molecule has 0 aromatic carbocycles. The van der Waals surface area contributed by atoms with Gasteiger partial charge in [-0.05, 0) is 0 Å². The molecular weight excluding hydrogens is 1350 g/mol. The number of amides is 3. The summed E-state index contributed by atoms with van der Waals surface area (Å²) in [6, 6.07) is -5.50. The van der Waals surface area contributed by atoms with E-state index in [0.29, 0.717) is 0 Å². The number of carbonyl (C=O) groups excluding carboxylic acids is 3. The second-order valence-corrected chi connectivity index (χ2v) is 24.6. The van der Waals surface area contributed by atoms with E-state index in [1.807, 2.05) is 0 Å². The van der Waals surface area contributed by atoms with E-state index >= 15 is 0 Å². The number of nitrogens with one attached hydrogen (secondary N) is 3. The fraction of sp³-hybridized carbons (Fsp3) is 0.944. The van der Waals surface area contributed by atoms with Crippen molar-refractivity contribution >= 4 is 17.7 Å². The van der Waals surface area contributed by atoms with Crippen LogP contribution in [-0.2, 0) is 85.4 Å². The standard InChI is InChI=1S/C54H91N3O41/c1-12(65)55-23-31(73)41(94-53-39(81)45(29(71)18(7-61)89-53)97-49-24(56-13(2)66)32(74)42(21(10-64)91-49)93-51-37(79)33(75)26(68)15(4-58)87-51)20(9-63)90-48(23)84-11-22-30(72)46(40(82)54(92-22)95-43-19(8-62)85-47(83)36(78)35(43)77)98-50-25(57-14(3)67)44(28(70)17(6-60)86-50)96-52-38(80)34(76)27(69)16(5-59)88-52/h15-54,58-64,68-83H,4-11H2,1-3H3,(H,55,65)(H,56,66)(H,57,67). The molecule has 0 spiro atoms. The Kier molecular flexibility index (Phi) is 28.9. The first kappa shape index (κ1) is 80.6. The molecule has 8 fully saturated rings. The third-order valence-electron chi connectivity index (χ3n) is 17.8. The van der Waals surface area contributed by atoms with Crippen LogP contribution in [0.15, 0.2) is 0 Å². The summed E-state index contributed by atoms with van der Waals surface area (Å²) >= 11 is 0. The number of ether oxygens (including phenoxy) is 15. The molecule has 40 atom stereocenters. The monoisotopic (exact) mass is 1440 g/mol. The minimum absolute atomic E-state index is 0.868. The quantitative estimate of drug-likeness (QED) is 0.0404. The molecule has 44 nitrogen and oxygen atoms in total. The first-order valence-corrected chi connectivity index (χ1v) is 31.1. The molecule has 98 heavy (non-hydrogen) atoms. The molecule has 8 rings (SSSR count). The second kappa shape index (κ2) is 35.1. The molecule has 44 heteroatoms. The fourth-order valence-electron chi connectivity index (χ4n) is 12.6. The first-order valence-electron chi connectivity index (χ1n) is 31.1. The Morgan fingerprint density at radius 2 is 0.551 bits per heavy atom. The maximum absolute atomic E-state index is 12.9. The van der Waals surface area contributed by atoms with Crippen molar-refractivity contribution in [1.29, 1.82) is 0 Å². The molecule has 8 saturated heterocycles. The van der Waals surface area contributed by atoms with E-state index in [9.17, 15) is 132 Å². The highest BCUT2D eigenvalue weighted by atomic mass is 16.8. The zero-order valence-electron chi connectivity index (χ0n) is 52.4. The minimum atomic E-state index is -2.36. The summed E-state index contributed by atoms with van der Waals surface area (Å²) in [4.78, 5) is 38.4. The minimum Gasteiger partial charge on any atom is -0.394 e. The summed E-state index contributed by atoms with van der Waals surface area (Å²) in [5.74, 6) is -2.70. The number of carbonyl (C=O) groups is 3. The lowest BCUT2D eigenvalue weighted by Gasteiger charge is -2.50. The Morgan fingerprint density at radius 3 is 0.969 bits per heavy atom. The Hall–Kier alpha value is -3.11. The van der Waals surface area contributed by atoms with E-state index in [-0.39, 0.29) is 0 Å². The highest BCUT2D eigenvalue weighted by Gasteiger charge is 2.60. The van der Waals surface area contributed by atoms with Gasteiger partial charge >= 0.3 is 0 Å². The van der Waals surface area contributed by atoms with Crippen LogP contribution in [0, 0.1) is 0 Å². The van der Waals surface area contributed by atoms with E-state index in [4.69, 9.17) is 71.1 Å². The predicted molar refractivity (Wildman–Crippen MR) is 299 cm³/mol. The molecule has 0 saturated carbocycles. The molecule has 8 heterocycles. The van der Waals surface area contributed by atoms with Gasteiger partial charge < -0.3 is 204 Å². The molecule has 8 aliphatic heterocycles. The summed E-state index contributed by atoms with van der Waals surface area (Å²) in [6.07, 6.45) is -73.7. The van der Waals surface area contributed by atoms with Gasteiger partial charge in [0, 0.05) is 20.8 Å². The molecule has 26 N–H and O–H groups in total. The Bertz CT molecular complexity index is 2510. The van der Waals surface area contributed by atoms with Gasteiger partial charge in [-0.1, -0.05) is 0 Å². The maximum atomic E-state index is 12.9. The summed E-state index contributed by atoms with van der Waals surface area (Å²) in [6.45, 7) is -5.33. The average Bonchev–Trinajstić information content (AvgIpc) is 0.783. The lowest BCUT2D eigenvalue weighted by molar-refractivity contribution is -0.385. The largest absolute Gasteiger partial charge is 0.394 e. The van der Waals surface area contributed by atoms with Gasteiger partial charge in [0.2, 0.25) is 17.7 Å². The van der Waals surface area contributed by atoms with Crippen molar-refractivity contribution in [2.45, 2.75) is 266 Å². The van der Waals surface area contributed by atoms with E-state index < -0.39 is 316 Å². The molecule has 0 radical (unpaired) electrons. The molecule has 0 aromatic rings. The SMILES string of the molecule is CC(=O)NC1C(OC2C(O)C(CO)OC(OC3C(CO)OC(OCC4OC(OC5C(CO)OC(O)C(O)C5O)C(O)C(OC5OC(CO)C(O)C(OC6OC(CO)C(O)C(O)C6O)C5NC(C)=O)C4O)C(NC(C)=O)C3O)C2O)OC(CO)C(OC2OC(CO)C(O)C(O)C2O)C1O. The molecule has 40 unspecified atom stereocenters. The van der Waals surface area contributed by atoms with E-state index in [1.165, 1.54) is 0 Å². The highest BCUT2D eigenvalue weighted by Crippen LogP contribution is 2.39. The summed E-state index contributed by atoms with van der Waals surface area (Å²) in [7, 11) is 0. The van der Waals surface area contributed by atoms with Crippen molar-refractivity contribution in [2.24, 2.45) is 0 Å². The molecule has 568 valence electrons. The van der Waals surface area contributed by atoms with Crippen LogP contribution in [0.3, 0.4) is 0 Å². The van der Waals surface area contributed by atoms with E-state index in [2.05, 4.69) is 16.0 Å². The van der Waals surface area contributed by atoms with Crippen LogP contribution in [0.1, 0.15) is 20.8 Å². The van der Waals surface area contributed by atoms with Crippen LogP contribution in [0.2, 0.25) is 0 Å². The number of rotatable bonds is 25. The first-order chi connectivity index (χ1) is 46.4. The van der Waals surface area contributed by atoms with Crippen LogP contribution >= 0.6 is 0 Å². The van der Waals surface area contributed by atoms with Crippen LogP contribution in [0.4, 0.5) is 0 Å². The topological polar surface area (TPSA) is 691 Å². The number of aliphatic hydroxyl groups is 23. The molecule has 0 aliphatic carbocycles. The zero-order valence-corrected chi connectivity index (χ0v) is 52.4. The third kappa shape index (κ3) is 17.5. The fourth-order valence-corrected chi connectivity index (χ4v) is 12.6. The van der Waals surface area contributed by atoms with E-state index in [0.717, 1.165) is 20.8 Å². The Labute approximate surface area is 554 Å². The Morgan fingerprint density at radius 1 is 0.265 bits per heavy atom. The molecule has 0 aromatic heterocycles. The lowest BCUT2D eigenvalue weighted by atomic mass is 9.94. The number of hydrogen-bond donors (Lipinski definition) is 26. The summed E-state index contributed by atoms with van der Waals surface area (Å²) in [5, 5.41) is 257. The van der Waals surface area contributed by atoms with Crippen LogP contribution in [-0.4, -0.2) is 433 Å². The van der Waals surface area contributed by atoms with Crippen molar-refractivity contribution in [1.82, 2.24) is 16.0 Å². The summed E-state index contributed by atoms with van der Waals surface area (Å²) < 4.78 is 87.1. The highest BCUT2D eigenvalue weighted by molar-refractivity contribution is 5.74. The van der Waals surface area contributed by atoms with Crippen LogP contribution in [0.25, 0.3) is 0 Å².